The summed E-state index contributed by atoms with van der Waals surface area (Å²) < 4.78 is 11.1. The number of rotatable bonds is 2. The highest BCUT2D eigenvalue weighted by Crippen LogP contribution is 2.41. The van der Waals surface area contributed by atoms with Gasteiger partial charge in [0.2, 0.25) is 0 Å². The van der Waals surface area contributed by atoms with Gasteiger partial charge in [0.1, 0.15) is 5.60 Å². The molecule has 3 N–H and O–H groups in total. The predicted octanol–water partition coefficient (Wildman–Crippen LogP) is 1.55. The molecule has 2 heterocycles. The van der Waals surface area contributed by atoms with Crippen molar-refractivity contribution < 1.29 is 14.3 Å². The highest BCUT2D eigenvalue weighted by Gasteiger charge is 2.48. The molecule has 5 nitrogen and oxygen atoms in total. The Bertz CT molecular complexity index is 311. The number of alkyl carbamates (subject to hydrolysis) is 1. The van der Waals surface area contributed by atoms with Crippen LogP contribution in [0.5, 0.6) is 0 Å². The van der Waals surface area contributed by atoms with Gasteiger partial charge in [-0.1, -0.05) is 0 Å². The van der Waals surface area contributed by atoms with Crippen molar-refractivity contribution in [1.29, 1.82) is 0 Å². The number of hydrogen-bond donors (Lipinski definition) is 2. The molecule has 3 fully saturated rings. The topological polar surface area (TPSA) is 73.6 Å². The molecule has 0 aromatic heterocycles. The van der Waals surface area contributed by atoms with Crippen molar-refractivity contribution >= 4 is 6.09 Å². The van der Waals surface area contributed by atoms with E-state index in [1.54, 1.807) is 0 Å². The fraction of sp³-hybridized carbons (Fsp3) is 0.923. The van der Waals surface area contributed by atoms with Crippen molar-refractivity contribution in [3.05, 3.63) is 0 Å². The van der Waals surface area contributed by atoms with E-state index in [9.17, 15) is 4.79 Å². The van der Waals surface area contributed by atoms with Crippen molar-refractivity contribution in [3.8, 4) is 0 Å². The zero-order valence-electron chi connectivity index (χ0n) is 11.5. The molecule has 3 rings (SSSR count). The number of carbonyl (C=O) groups excluding carboxylic acids is 1. The maximum absolute atomic E-state index is 11.6. The normalized spacial score (nSPS) is 35.3. The summed E-state index contributed by atoms with van der Waals surface area (Å²) in [6, 6.07) is 0. The second-order valence-electron chi connectivity index (χ2n) is 6.69. The van der Waals surface area contributed by atoms with Gasteiger partial charge in [0.05, 0.1) is 12.2 Å². The van der Waals surface area contributed by atoms with Crippen LogP contribution in [-0.4, -0.2) is 36.0 Å². The van der Waals surface area contributed by atoms with Crippen LogP contribution >= 0.6 is 0 Å². The number of hydrogen-bond acceptors (Lipinski definition) is 4. The van der Waals surface area contributed by atoms with Gasteiger partial charge in [-0.05, 0) is 46.5 Å². The minimum Gasteiger partial charge on any atom is -0.444 e. The van der Waals surface area contributed by atoms with E-state index >= 15 is 0 Å². The van der Waals surface area contributed by atoms with Gasteiger partial charge in [0.25, 0.3) is 0 Å². The average molecular weight is 256 g/mol. The molecule has 1 aliphatic carbocycles. The van der Waals surface area contributed by atoms with Gasteiger partial charge < -0.3 is 20.5 Å². The molecule has 2 saturated heterocycles. The second-order valence-corrected chi connectivity index (χ2v) is 6.69. The first-order valence-electron chi connectivity index (χ1n) is 6.62. The summed E-state index contributed by atoms with van der Waals surface area (Å²) in [5.74, 6) is 0. The molecule has 0 radical (unpaired) electrons. The van der Waals surface area contributed by atoms with Crippen LogP contribution in [0.1, 0.15) is 46.5 Å². The maximum atomic E-state index is 11.6. The Morgan fingerprint density at radius 2 is 1.94 bits per heavy atom. The minimum absolute atomic E-state index is 0.131. The van der Waals surface area contributed by atoms with Crippen LogP contribution in [0.25, 0.3) is 0 Å². The standard InChI is InChI=1S/C13H24N2O3/c1-11(2,3)18-10(16)15-8-13-6-4-12(14,5-7-13)9-17-13/h4-9,14H2,1-3H3,(H,15,16). The first kappa shape index (κ1) is 13.6. The van der Waals surface area contributed by atoms with Crippen molar-refractivity contribution in [1.82, 2.24) is 5.32 Å². The number of nitrogens with two attached hydrogens (primary N) is 1. The Kier molecular flexibility index (Phi) is 3.32. The zero-order chi connectivity index (χ0) is 13.4. The highest BCUT2D eigenvalue weighted by atomic mass is 16.6. The van der Waals surface area contributed by atoms with Gasteiger partial charge in [-0.25, -0.2) is 4.79 Å². The van der Waals surface area contributed by atoms with Crippen LogP contribution in [0.2, 0.25) is 0 Å². The third-order valence-electron chi connectivity index (χ3n) is 3.78. The van der Waals surface area contributed by atoms with E-state index in [4.69, 9.17) is 15.2 Å². The summed E-state index contributed by atoms with van der Waals surface area (Å²) in [5, 5.41) is 2.81. The lowest BCUT2D eigenvalue weighted by molar-refractivity contribution is -0.149. The van der Waals surface area contributed by atoms with E-state index in [-0.39, 0.29) is 17.2 Å². The van der Waals surface area contributed by atoms with Gasteiger partial charge in [0.15, 0.2) is 0 Å². The molecule has 0 aromatic carbocycles. The molecule has 104 valence electrons. The molecule has 0 unspecified atom stereocenters. The van der Waals surface area contributed by atoms with Gasteiger partial charge >= 0.3 is 6.09 Å². The number of amides is 1. The zero-order valence-corrected chi connectivity index (χ0v) is 11.5. The van der Waals surface area contributed by atoms with E-state index < -0.39 is 5.60 Å². The Morgan fingerprint density at radius 3 is 2.39 bits per heavy atom. The summed E-state index contributed by atoms with van der Waals surface area (Å²) in [6.45, 7) is 6.67. The van der Waals surface area contributed by atoms with E-state index in [1.807, 2.05) is 20.8 Å². The number of ether oxygens (including phenoxy) is 2. The third kappa shape index (κ3) is 3.14. The van der Waals surface area contributed by atoms with Crippen molar-refractivity contribution in [2.75, 3.05) is 13.2 Å². The first-order valence-corrected chi connectivity index (χ1v) is 6.62. The smallest absolute Gasteiger partial charge is 0.407 e. The minimum atomic E-state index is -0.464. The van der Waals surface area contributed by atoms with E-state index in [1.165, 1.54) is 0 Å². The summed E-state index contributed by atoms with van der Waals surface area (Å²) in [4.78, 5) is 11.6. The van der Waals surface area contributed by atoms with E-state index in [2.05, 4.69) is 5.32 Å². The van der Waals surface area contributed by atoms with E-state index in [0.29, 0.717) is 13.2 Å². The van der Waals surface area contributed by atoms with Crippen LogP contribution in [0.4, 0.5) is 4.79 Å². The Balaban J connectivity index is 1.82. The summed E-state index contributed by atoms with van der Waals surface area (Å²) in [6.07, 6.45) is 3.40. The number of nitrogens with one attached hydrogen (secondary N) is 1. The van der Waals surface area contributed by atoms with Gasteiger partial charge in [-0.3, -0.25) is 0 Å². The average Bonchev–Trinajstić information content (AvgIpc) is 2.26. The molecule has 0 atom stereocenters. The molecular formula is C13H24N2O3. The third-order valence-corrected chi connectivity index (χ3v) is 3.78. The SMILES string of the molecule is CC(C)(C)OC(=O)NCC12CCC(N)(CC1)CO2. The van der Waals surface area contributed by atoms with Gasteiger partial charge in [-0.2, -0.15) is 0 Å². The van der Waals surface area contributed by atoms with Crippen molar-refractivity contribution in [2.24, 2.45) is 5.73 Å². The molecule has 1 amide bonds. The highest BCUT2D eigenvalue weighted by molar-refractivity contribution is 5.67. The Labute approximate surface area is 108 Å². The molecule has 3 aliphatic rings. The van der Waals surface area contributed by atoms with Crippen LogP contribution in [0.3, 0.4) is 0 Å². The molecule has 0 aromatic rings. The summed E-state index contributed by atoms with van der Waals surface area (Å²) in [7, 11) is 0. The number of carbonyl (C=O) groups is 1. The Morgan fingerprint density at radius 1 is 1.33 bits per heavy atom. The molecule has 5 heteroatoms. The summed E-state index contributed by atoms with van der Waals surface area (Å²) in [5.41, 5.74) is 5.34. The molecule has 18 heavy (non-hydrogen) atoms. The first-order chi connectivity index (χ1) is 8.22. The molecular weight excluding hydrogens is 232 g/mol. The van der Waals surface area contributed by atoms with Crippen molar-refractivity contribution in [2.45, 2.75) is 63.2 Å². The second kappa shape index (κ2) is 4.38. The van der Waals surface area contributed by atoms with Crippen LogP contribution in [-0.2, 0) is 9.47 Å². The Hall–Kier alpha value is -0.810. The predicted molar refractivity (Wildman–Crippen MR) is 68.3 cm³/mol. The van der Waals surface area contributed by atoms with Crippen molar-refractivity contribution in [3.63, 3.8) is 0 Å². The molecule has 2 bridgehead atoms. The van der Waals surface area contributed by atoms with Crippen LogP contribution in [0.15, 0.2) is 0 Å². The lowest BCUT2D eigenvalue weighted by Gasteiger charge is -2.51. The summed E-state index contributed by atoms with van der Waals surface area (Å²) >= 11 is 0. The lowest BCUT2D eigenvalue weighted by Crippen LogP contribution is -2.62. The van der Waals surface area contributed by atoms with Gasteiger partial charge in [0, 0.05) is 12.1 Å². The van der Waals surface area contributed by atoms with Gasteiger partial charge in [-0.15, -0.1) is 0 Å². The lowest BCUT2D eigenvalue weighted by atomic mass is 9.71. The van der Waals surface area contributed by atoms with Crippen LogP contribution < -0.4 is 11.1 Å². The maximum Gasteiger partial charge on any atom is 0.407 e. The fourth-order valence-corrected chi connectivity index (χ4v) is 2.56. The molecule has 1 saturated carbocycles. The molecule has 2 aliphatic heterocycles. The fourth-order valence-electron chi connectivity index (χ4n) is 2.56. The molecule has 0 spiro atoms. The quantitative estimate of drug-likeness (QED) is 0.786. The van der Waals surface area contributed by atoms with E-state index in [0.717, 1.165) is 25.7 Å². The van der Waals surface area contributed by atoms with Crippen LogP contribution in [0, 0.1) is 0 Å². The number of fused-ring (bicyclic) bond motifs is 3. The largest absolute Gasteiger partial charge is 0.444 e. The monoisotopic (exact) mass is 256 g/mol.